The summed E-state index contributed by atoms with van der Waals surface area (Å²) < 4.78 is 26.5. The van der Waals surface area contributed by atoms with E-state index in [2.05, 4.69) is 21.2 Å². The lowest BCUT2D eigenvalue weighted by atomic mass is 10.1. The third-order valence-electron chi connectivity index (χ3n) is 4.38. The highest BCUT2D eigenvalue weighted by molar-refractivity contribution is 9.10. The Morgan fingerprint density at radius 2 is 1.76 bits per heavy atom. The molecule has 9 heteroatoms. The summed E-state index contributed by atoms with van der Waals surface area (Å²) in [6.07, 6.45) is 1.05. The lowest BCUT2D eigenvalue weighted by Crippen LogP contribution is -2.50. The minimum absolute atomic E-state index is 0.185. The Bertz CT molecular complexity index is 967. The third kappa shape index (κ3) is 6.30. The van der Waals surface area contributed by atoms with E-state index in [0.29, 0.717) is 10.2 Å². The zero-order valence-corrected chi connectivity index (χ0v) is 18.9. The van der Waals surface area contributed by atoms with Crippen molar-refractivity contribution in [1.82, 2.24) is 10.2 Å². The molecule has 0 radical (unpaired) electrons. The SMILES string of the molecule is CNC(=O)[C@H](C)N(Cc1ccccc1)C(=O)CN(c1cccc(Br)c1)S(C)(=O)=O. The van der Waals surface area contributed by atoms with Crippen molar-refractivity contribution in [2.24, 2.45) is 0 Å². The number of hydrogen-bond acceptors (Lipinski definition) is 4. The molecule has 156 valence electrons. The van der Waals surface area contributed by atoms with Crippen LogP contribution >= 0.6 is 15.9 Å². The molecule has 2 rings (SSSR count). The van der Waals surface area contributed by atoms with Crippen LogP contribution in [0, 0.1) is 0 Å². The number of nitrogens with one attached hydrogen (secondary N) is 1. The van der Waals surface area contributed by atoms with Gasteiger partial charge in [0, 0.05) is 18.1 Å². The Morgan fingerprint density at radius 3 is 2.31 bits per heavy atom. The molecule has 0 unspecified atom stereocenters. The highest BCUT2D eigenvalue weighted by Gasteiger charge is 2.29. The number of hydrogen-bond donors (Lipinski definition) is 1. The van der Waals surface area contributed by atoms with Crippen molar-refractivity contribution in [2.75, 3.05) is 24.2 Å². The van der Waals surface area contributed by atoms with Gasteiger partial charge in [-0.25, -0.2) is 8.42 Å². The first-order valence-corrected chi connectivity index (χ1v) is 11.6. The van der Waals surface area contributed by atoms with Crippen LogP contribution in [0.3, 0.4) is 0 Å². The Morgan fingerprint density at radius 1 is 1.10 bits per heavy atom. The van der Waals surface area contributed by atoms with Gasteiger partial charge in [-0.2, -0.15) is 0 Å². The van der Waals surface area contributed by atoms with Gasteiger partial charge in [0.2, 0.25) is 21.8 Å². The third-order valence-corrected chi connectivity index (χ3v) is 6.02. The molecule has 2 amide bonds. The summed E-state index contributed by atoms with van der Waals surface area (Å²) in [6, 6.07) is 15.2. The molecule has 7 nitrogen and oxygen atoms in total. The second kappa shape index (κ2) is 9.89. The molecule has 0 aliphatic carbocycles. The molecule has 0 heterocycles. The maximum atomic E-state index is 13.2. The summed E-state index contributed by atoms with van der Waals surface area (Å²) in [4.78, 5) is 26.7. The molecule has 1 N–H and O–H groups in total. The van der Waals surface area contributed by atoms with Gasteiger partial charge in [0.1, 0.15) is 12.6 Å². The van der Waals surface area contributed by atoms with E-state index in [1.165, 1.54) is 11.9 Å². The van der Waals surface area contributed by atoms with Crippen LogP contribution in [0.25, 0.3) is 0 Å². The lowest BCUT2D eigenvalue weighted by Gasteiger charge is -2.31. The van der Waals surface area contributed by atoms with E-state index in [4.69, 9.17) is 0 Å². The Kier molecular flexibility index (Phi) is 7.80. The monoisotopic (exact) mass is 481 g/mol. The summed E-state index contributed by atoms with van der Waals surface area (Å²) in [5, 5.41) is 2.54. The fourth-order valence-corrected chi connectivity index (χ4v) is 4.05. The Labute approximate surface area is 179 Å². The van der Waals surface area contributed by atoms with Gasteiger partial charge in [0.05, 0.1) is 11.9 Å². The number of nitrogens with zero attached hydrogens (tertiary/aromatic N) is 2. The molecular weight excluding hydrogens is 458 g/mol. The number of carbonyl (C=O) groups is 2. The topological polar surface area (TPSA) is 86.8 Å². The van der Waals surface area contributed by atoms with Gasteiger partial charge in [0.15, 0.2) is 0 Å². The predicted molar refractivity (Wildman–Crippen MR) is 117 cm³/mol. The first kappa shape index (κ1) is 22.9. The molecule has 0 aromatic heterocycles. The van der Waals surface area contributed by atoms with Crippen LogP contribution in [0.2, 0.25) is 0 Å². The normalized spacial score (nSPS) is 12.1. The van der Waals surface area contributed by atoms with Crippen molar-refractivity contribution < 1.29 is 18.0 Å². The average Bonchev–Trinajstić information content (AvgIpc) is 2.68. The van der Waals surface area contributed by atoms with Crippen molar-refractivity contribution in [3.8, 4) is 0 Å². The number of amides is 2. The van der Waals surface area contributed by atoms with Gasteiger partial charge in [-0.3, -0.25) is 13.9 Å². The van der Waals surface area contributed by atoms with E-state index in [1.807, 2.05) is 30.3 Å². The molecule has 0 saturated carbocycles. The van der Waals surface area contributed by atoms with Crippen LogP contribution in [-0.4, -0.2) is 51.0 Å². The largest absolute Gasteiger partial charge is 0.357 e. The Hall–Kier alpha value is -2.39. The van der Waals surface area contributed by atoms with Crippen molar-refractivity contribution in [3.05, 3.63) is 64.6 Å². The predicted octanol–water partition coefficient (Wildman–Crippen LogP) is 2.38. The van der Waals surface area contributed by atoms with Crippen LogP contribution in [0.5, 0.6) is 0 Å². The molecule has 0 spiro atoms. The number of sulfonamides is 1. The van der Waals surface area contributed by atoms with Gasteiger partial charge >= 0.3 is 0 Å². The molecule has 0 aliphatic rings. The fraction of sp³-hybridized carbons (Fsp3) is 0.300. The Balaban J connectivity index is 2.36. The molecule has 0 bridgehead atoms. The number of halogens is 1. The zero-order chi connectivity index (χ0) is 21.6. The number of likely N-dealkylation sites (N-methyl/N-ethyl adjacent to an activating group) is 1. The van der Waals surface area contributed by atoms with Crippen LogP contribution < -0.4 is 9.62 Å². The van der Waals surface area contributed by atoms with Crippen molar-refractivity contribution in [2.45, 2.75) is 19.5 Å². The van der Waals surface area contributed by atoms with Gasteiger partial charge in [-0.15, -0.1) is 0 Å². The first-order valence-electron chi connectivity index (χ1n) is 8.91. The second-order valence-electron chi connectivity index (χ2n) is 6.55. The van der Waals surface area contributed by atoms with E-state index in [9.17, 15) is 18.0 Å². The smallest absolute Gasteiger partial charge is 0.244 e. The highest BCUT2D eigenvalue weighted by atomic mass is 79.9. The summed E-state index contributed by atoms with van der Waals surface area (Å²) >= 11 is 3.32. The van der Waals surface area contributed by atoms with E-state index in [-0.39, 0.29) is 12.5 Å². The van der Waals surface area contributed by atoms with Gasteiger partial charge in [-0.05, 0) is 30.7 Å². The molecule has 29 heavy (non-hydrogen) atoms. The summed E-state index contributed by atoms with van der Waals surface area (Å²) in [5.41, 5.74) is 1.20. The van der Waals surface area contributed by atoms with Gasteiger partial charge in [-0.1, -0.05) is 52.3 Å². The first-order chi connectivity index (χ1) is 13.6. The molecule has 0 fully saturated rings. The molecule has 2 aromatic rings. The minimum Gasteiger partial charge on any atom is -0.357 e. The number of carbonyl (C=O) groups excluding carboxylic acids is 2. The molecular formula is C20H24BrN3O4S. The summed E-state index contributed by atoms with van der Waals surface area (Å²) in [6.45, 7) is 1.39. The summed E-state index contributed by atoms with van der Waals surface area (Å²) in [5.74, 6) is -0.807. The number of benzene rings is 2. The average molecular weight is 482 g/mol. The van der Waals surface area contributed by atoms with E-state index in [0.717, 1.165) is 16.1 Å². The van der Waals surface area contributed by atoms with Gasteiger partial charge < -0.3 is 10.2 Å². The van der Waals surface area contributed by atoms with Crippen LogP contribution in [0.1, 0.15) is 12.5 Å². The maximum Gasteiger partial charge on any atom is 0.244 e. The lowest BCUT2D eigenvalue weighted by molar-refractivity contribution is -0.139. The van der Waals surface area contributed by atoms with Crippen LogP contribution in [-0.2, 0) is 26.2 Å². The molecule has 2 aromatic carbocycles. The second-order valence-corrected chi connectivity index (χ2v) is 9.37. The molecule has 0 saturated heterocycles. The van der Waals surface area contributed by atoms with Gasteiger partial charge in [0.25, 0.3) is 0 Å². The summed E-state index contributed by atoms with van der Waals surface area (Å²) in [7, 11) is -2.23. The van der Waals surface area contributed by atoms with Crippen molar-refractivity contribution in [1.29, 1.82) is 0 Å². The van der Waals surface area contributed by atoms with Crippen LogP contribution in [0.4, 0.5) is 5.69 Å². The highest BCUT2D eigenvalue weighted by Crippen LogP contribution is 2.22. The van der Waals surface area contributed by atoms with E-state index >= 15 is 0 Å². The standard InChI is InChI=1S/C20H24BrN3O4S/c1-15(20(26)22-2)23(13-16-8-5-4-6-9-16)19(25)14-24(29(3,27)28)18-11-7-10-17(21)12-18/h4-12,15H,13-14H2,1-3H3,(H,22,26)/t15-/m0/s1. The zero-order valence-electron chi connectivity index (χ0n) is 16.5. The number of rotatable bonds is 8. The number of anilines is 1. The van der Waals surface area contributed by atoms with Crippen molar-refractivity contribution >= 4 is 43.5 Å². The van der Waals surface area contributed by atoms with Crippen molar-refractivity contribution in [3.63, 3.8) is 0 Å². The molecule has 1 atom stereocenters. The molecule has 0 aliphatic heterocycles. The van der Waals surface area contributed by atoms with Crippen LogP contribution in [0.15, 0.2) is 59.1 Å². The minimum atomic E-state index is -3.72. The quantitative estimate of drug-likeness (QED) is 0.626. The fourth-order valence-electron chi connectivity index (χ4n) is 2.82. The maximum absolute atomic E-state index is 13.2. The van der Waals surface area contributed by atoms with E-state index in [1.54, 1.807) is 31.2 Å². The van der Waals surface area contributed by atoms with E-state index < -0.39 is 28.5 Å².